The van der Waals surface area contributed by atoms with Crippen LogP contribution in [-0.2, 0) is 20.0 Å². The van der Waals surface area contributed by atoms with Crippen LogP contribution in [0.5, 0.6) is 0 Å². The Labute approximate surface area is 113 Å². The minimum Gasteiger partial charge on any atom is -0.334 e. The Morgan fingerprint density at radius 3 is 2.83 bits per heavy atom. The van der Waals surface area contributed by atoms with Crippen LogP contribution in [0.15, 0.2) is 24.3 Å². The second-order valence-electron chi connectivity index (χ2n) is 4.46. The molecule has 0 aliphatic rings. The predicted molar refractivity (Wildman–Crippen MR) is 75.0 cm³/mol. The summed E-state index contributed by atoms with van der Waals surface area (Å²) in [5.74, 6) is 1.06. The molecule has 0 spiro atoms. The third-order valence-electron chi connectivity index (χ3n) is 3.17. The van der Waals surface area contributed by atoms with E-state index in [2.05, 4.69) is 34.9 Å². The Bertz CT molecular complexity index is 546. The second-order valence-corrected chi connectivity index (χ2v) is 4.89. The van der Waals surface area contributed by atoms with E-state index in [4.69, 9.17) is 11.6 Å². The van der Waals surface area contributed by atoms with Crippen molar-refractivity contribution in [2.75, 3.05) is 7.05 Å². The molecule has 1 aromatic carbocycles. The lowest BCUT2D eigenvalue weighted by molar-refractivity contribution is 0.700. The van der Waals surface area contributed by atoms with Crippen LogP contribution in [-0.4, -0.2) is 16.6 Å². The third-order valence-corrected chi connectivity index (χ3v) is 3.40. The highest BCUT2D eigenvalue weighted by Crippen LogP contribution is 2.17. The Balaban J connectivity index is 2.26. The molecule has 18 heavy (non-hydrogen) atoms. The third kappa shape index (κ3) is 2.74. The first kappa shape index (κ1) is 13.1. The highest BCUT2D eigenvalue weighted by Gasteiger charge is 2.10. The Morgan fingerprint density at radius 2 is 2.17 bits per heavy atom. The van der Waals surface area contributed by atoms with E-state index in [0.29, 0.717) is 0 Å². The molecular weight excluding hydrogens is 246 g/mol. The fourth-order valence-corrected chi connectivity index (χ4v) is 2.24. The van der Waals surface area contributed by atoms with Crippen molar-refractivity contribution in [2.24, 2.45) is 7.05 Å². The van der Waals surface area contributed by atoms with Gasteiger partial charge in [-0.15, -0.1) is 0 Å². The van der Waals surface area contributed by atoms with Gasteiger partial charge in [0.25, 0.3) is 0 Å². The van der Waals surface area contributed by atoms with Crippen molar-refractivity contribution in [3.8, 4) is 0 Å². The van der Waals surface area contributed by atoms with Crippen molar-refractivity contribution in [2.45, 2.75) is 19.9 Å². The normalized spacial score (nSPS) is 10.9. The summed E-state index contributed by atoms with van der Waals surface area (Å²) in [5.41, 5.74) is 3.52. The zero-order valence-corrected chi connectivity index (χ0v) is 11.8. The van der Waals surface area contributed by atoms with Gasteiger partial charge in [-0.3, -0.25) is 0 Å². The summed E-state index contributed by atoms with van der Waals surface area (Å²) >= 11 is 6.00. The van der Waals surface area contributed by atoms with Crippen molar-refractivity contribution in [1.82, 2.24) is 14.9 Å². The lowest BCUT2D eigenvalue weighted by Crippen LogP contribution is -2.10. The van der Waals surface area contributed by atoms with Crippen molar-refractivity contribution < 1.29 is 0 Å². The number of halogens is 1. The first-order valence-electron chi connectivity index (χ1n) is 6.02. The Kier molecular flexibility index (Phi) is 4.04. The van der Waals surface area contributed by atoms with Gasteiger partial charge in [0.1, 0.15) is 5.82 Å². The second kappa shape index (κ2) is 5.55. The van der Waals surface area contributed by atoms with Gasteiger partial charge in [0.05, 0.1) is 12.2 Å². The van der Waals surface area contributed by atoms with Gasteiger partial charge >= 0.3 is 0 Å². The summed E-state index contributed by atoms with van der Waals surface area (Å²) in [6.45, 7) is 2.89. The van der Waals surface area contributed by atoms with Crippen LogP contribution < -0.4 is 5.32 Å². The standard InChI is InChI=1S/C14H18ClN3/c1-10-13(17-14(9-16-2)18(10)3)8-11-5-4-6-12(15)7-11/h4-7,16H,8-9H2,1-3H3. The molecule has 96 valence electrons. The molecule has 1 N–H and O–H groups in total. The molecule has 0 radical (unpaired) electrons. The lowest BCUT2D eigenvalue weighted by Gasteiger charge is -2.02. The highest BCUT2D eigenvalue weighted by atomic mass is 35.5. The van der Waals surface area contributed by atoms with E-state index >= 15 is 0 Å². The van der Waals surface area contributed by atoms with Crippen molar-refractivity contribution in [1.29, 1.82) is 0 Å². The van der Waals surface area contributed by atoms with Gasteiger partial charge in [0.15, 0.2) is 0 Å². The van der Waals surface area contributed by atoms with E-state index in [0.717, 1.165) is 29.5 Å². The minimum atomic E-state index is 0.775. The van der Waals surface area contributed by atoms with Gasteiger partial charge < -0.3 is 9.88 Å². The first-order valence-corrected chi connectivity index (χ1v) is 6.39. The van der Waals surface area contributed by atoms with Crippen LogP contribution in [0, 0.1) is 6.92 Å². The molecule has 3 nitrogen and oxygen atoms in total. The molecule has 4 heteroatoms. The molecule has 0 saturated carbocycles. The zero-order valence-electron chi connectivity index (χ0n) is 11.0. The molecule has 2 aromatic rings. The van der Waals surface area contributed by atoms with Gasteiger partial charge in [0.2, 0.25) is 0 Å². The van der Waals surface area contributed by atoms with Gasteiger partial charge in [-0.2, -0.15) is 0 Å². The predicted octanol–water partition coefficient (Wildman–Crippen LogP) is 2.69. The molecule has 1 heterocycles. The topological polar surface area (TPSA) is 29.9 Å². The van der Waals surface area contributed by atoms with Crippen LogP contribution in [0.1, 0.15) is 22.8 Å². The van der Waals surface area contributed by atoms with E-state index in [1.807, 2.05) is 25.2 Å². The number of aromatic nitrogens is 2. The first-order chi connectivity index (χ1) is 8.61. The average Bonchev–Trinajstić information content (AvgIpc) is 2.59. The lowest BCUT2D eigenvalue weighted by atomic mass is 10.1. The SMILES string of the molecule is CNCc1nc(Cc2cccc(Cl)c2)c(C)n1C. The molecule has 2 rings (SSSR count). The van der Waals surface area contributed by atoms with Crippen LogP contribution in [0.25, 0.3) is 0 Å². The summed E-state index contributed by atoms with van der Waals surface area (Å²) in [6, 6.07) is 7.94. The summed E-state index contributed by atoms with van der Waals surface area (Å²) in [6.07, 6.45) is 0.823. The molecule has 0 aliphatic carbocycles. The maximum absolute atomic E-state index is 6.00. The smallest absolute Gasteiger partial charge is 0.122 e. The molecular formula is C14H18ClN3. The van der Waals surface area contributed by atoms with Gasteiger partial charge in [-0.25, -0.2) is 4.98 Å². The largest absolute Gasteiger partial charge is 0.334 e. The number of hydrogen-bond donors (Lipinski definition) is 1. The van der Waals surface area contributed by atoms with Crippen LogP contribution in [0.3, 0.4) is 0 Å². The fourth-order valence-electron chi connectivity index (χ4n) is 2.02. The van der Waals surface area contributed by atoms with Crippen LogP contribution in [0.2, 0.25) is 5.02 Å². The Hall–Kier alpha value is -1.32. The van der Waals surface area contributed by atoms with Gasteiger partial charge in [0, 0.05) is 24.2 Å². The summed E-state index contributed by atoms with van der Waals surface area (Å²) in [4.78, 5) is 4.68. The number of benzene rings is 1. The average molecular weight is 264 g/mol. The van der Waals surface area contributed by atoms with E-state index in [-0.39, 0.29) is 0 Å². The maximum atomic E-state index is 6.00. The molecule has 0 unspecified atom stereocenters. The molecule has 0 saturated heterocycles. The fraction of sp³-hybridized carbons (Fsp3) is 0.357. The van der Waals surface area contributed by atoms with Crippen LogP contribution in [0.4, 0.5) is 0 Å². The number of rotatable bonds is 4. The molecule has 0 bridgehead atoms. The van der Waals surface area contributed by atoms with E-state index in [9.17, 15) is 0 Å². The number of imidazole rings is 1. The Morgan fingerprint density at radius 1 is 1.39 bits per heavy atom. The highest BCUT2D eigenvalue weighted by molar-refractivity contribution is 6.30. The number of nitrogens with one attached hydrogen (secondary N) is 1. The quantitative estimate of drug-likeness (QED) is 0.919. The molecule has 0 fully saturated rings. The summed E-state index contributed by atoms with van der Waals surface area (Å²) < 4.78 is 2.14. The van der Waals surface area contributed by atoms with Crippen molar-refractivity contribution >= 4 is 11.6 Å². The maximum Gasteiger partial charge on any atom is 0.122 e. The molecule has 1 aromatic heterocycles. The minimum absolute atomic E-state index is 0.775. The van der Waals surface area contributed by atoms with Crippen molar-refractivity contribution in [3.63, 3.8) is 0 Å². The summed E-state index contributed by atoms with van der Waals surface area (Å²) in [5, 5.41) is 3.91. The number of hydrogen-bond acceptors (Lipinski definition) is 2. The molecule has 0 aliphatic heterocycles. The molecule has 0 atom stereocenters. The molecule has 0 amide bonds. The van der Waals surface area contributed by atoms with E-state index < -0.39 is 0 Å². The number of nitrogens with zero attached hydrogens (tertiary/aromatic N) is 2. The monoisotopic (exact) mass is 263 g/mol. The summed E-state index contributed by atoms with van der Waals surface area (Å²) in [7, 11) is 3.98. The zero-order chi connectivity index (χ0) is 13.1. The van der Waals surface area contributed by atoms with E-state index in [1.54, 1.807) is 0 Å². The van der Waals surface area contributed by atoms with Crippen molar-refractivity contribution in [3.05, 3.63) is 52.1 Å². The van der Waals surface area contributed by atoms with Gasteiger partial charge in [-0.05, 0) is 31.7 Å². The van der Waals surface area contributed by atoms with E-state index in [1.165, 1.54) is 11.3 Å². The van der Waals surface area contributed by atoms with Gasteiger partial charge in [-0.1, -0.05) is 23.7 Å². The van der Waals surface area contributed by atoms with Crippen LogP contribution >= 0.6 is 11.6 Å².